The lowest BCUT2D eigenvalue weighted by molar-refractivity contribution is 0.148. The first-order valence-electron chi connectivity index (χ1n) is 4.57. The lowest BCUT2D eigenvalue weighted by atomic mass is 10.1. The van der Waals surface area contributed by atoms with Gasteiger partial charge < -0.3 is 4.57 Å². The third kappa shape index (κ3) is 1.39. The van der Waals surface area contributed by atoms with Crippen LogP contribution in [0.1, 0.15) is 25.4 Å². The van der Waals surface area contributed by atoms with E-state index in [-0.39, 0.29) is 0 Å². The van der Waals surface area contributed by atoms with Crippen molar-refractivity contribution in [3.8, 4) is 0 Å². The maximum atomic E-state index is 4.05. The zero-order valence-electron chi connectivity index (χ0n) is 7.32. The van der Waals surface area contributed by atoms with E-state index >= 15 is 0 Å². The number of rotatable bonds is 1. The zero-order valence-corrected chi connectivity index (χ0v) is 7.32. The summed E-state index contributed by atoms with van der Waals surface area (Å²) in [5.41, 5.74) is 0. The molecule has 0 aromatic carbocycles. The topological polar surface area (TPSA) is 8.17 Å². The predicted molar refractivity (Wildman–Crippen MR) is 49.4 cm³/mol. The Balaban J connectivity index is 2.11. The molecule has 1 aliphatic rings. The monoisotopic (exact) mass is 163 g/mol. The van der Waals surface area contributed by atoms with Crippen LogP contribution in [0.5, 0.6) is 0 Å². The Morgan fingerprint density at radius 3 is 2.58 bits per heavy atom. The van der Waals surface area contributed by atoms with Gasteiger partial charge in [0.2, 0.25) is 0 Å². The summed E-state index contributed by atoms with van der Waals surface area (Å²) in [5, 5.41) is 0. The second kappa shape index (κ2) is 3.31. The quantitative estimate of drug-likeness (QED) is 0.616. The van der Waals surface area contributed by atoms with E-state index in [4.69, 9.17) is 0 Å². The normalized spacial score (nSPS) is 25.9. The molecule has 1 unspecified atom stereocenters. The fourth-order valence-electron chi connectivity index (χ4n) is 1.86. The Bertz CT molecular complexity index is 228. The molecule has 1 fully saturated rings. The fraction of sp³-hybridized carbons (Fsp3) is 0.500. The number of likely N-dealkylation sites (tertiary alicyclic amines) is 1. The molecule has 2 nitrogen and oxygen atoms in total. The molecule has 2 heterocycles. The van der Waals surface area contributed by atoms with Gasteiger partial charge in [-0.25, -0.2) is 0 Å². The summed E-state index contributed by atoms with van der Waals surface area (Å²) >= 11 is 0. The maximum Gasteiger partial charge on any atom is 0.0858 e. The summed E-state index contributed by atoms with van der Waals surface area (Å²) in [5.74, 6) is 0. The Labute approximate surface area is 73.8 Å². The van der Waals surface area contributed by atoms with Gasteiger partial charge in [-0.15, -0.1) is 0 Å². The van der Waals surface area contributed by atoms with Crippen LogP contribution >= 0.6 is 0 Å². The molecule has 65 valence electrons. The molecule has 1 aromatic rings. The average molecular weight is 163 g/mol. The first kappa shape index (κ1) is 7.87. The van der Waals surface area contributed by atoms with Gasteiger partial charge in [-0.3, -0.25) is 4.90 Å². The summed E-state index contributed by atoms with van der Waals surface area (Å²) in [6, 6.07) is 4.14. The predicted octanol–water partition coefficient (Wildman–Crippen LogP) is 2.26. The van der Waals surface area contributed by atoms with Gasteiger partial charge in [0.1, 0.15) is 0 Å². The van der Waals surface area contributed by atoms with Gasteiger partial charge in [0, 0.05) is 26.0 Å². The van der Waals surface area contributed by atoms with Gasteiger partial charge >= 0.3 is 0 Å². The van der Waals surface area contributed by atoms with Crippen molar-refractivity contribution in [2.45, 2.75) is 25.4 Å². The van der Waals surface area contributed by atoms with Crippen LogP contribution in [0.4, 0.5) is 0 Å². The van der Waals surface area contributed by atoms with E-state index in [1.54, 1.807) is 0 Å². The van der Waals surface area contributed by atoms with Crippen LogP contribution in [-0.2, 0) is 0 Å². The van der Waals surface area contributed by atoms with Crippen molar-refractivity contribution < 1.29 is 0 Å². The standard InChI is InChI=1S/C10H15N2/c1-11-7-3-2-6-10(11)12-8-4-5-9-12/h4-5,8-10H,1-3,6-7H2. The van der Waals surface area contributed by atoms with Crippen LogP contribution in [-0.4, -0.2) is 16.0 Å². The summed E-state index contributed by atoms with van der Waals surface area (Å²) in [6.45, 7) is 1.13. The number of hydrogen-bond donors (Lipinski definition) is 0. The molecular weight excluding hydrogens is 148 g/mol. The van der Waals surface area contributed by atoms with Crippen molar-refractivity contribution in [3.05, 3.63) is 31.6 Å². The molecule has 0 saturated carbocycles. The molecule has 0 spiro atoms. The van der Waals surface area contributed by atoms with Crippen molar-refractivity contribution in [2.24, 2.45) is 0 Å². The molecule has 0 amide bonds. The lowest BCUT2D eigenvalue weighted by Gasteiger charge is -2.33. The Morgan fingerprint density at radius 2 is 1.92 bits per heavy atom. The van der Waals surface area contributed by atoms with Gasteiger partial charge in [0.25, 0.3) is 0 Å². The Kier molecular flexibility index (Phi) is 2.17. The molecule has 1 radical (unpaired) electrons. The number of hydrogen-bond acceptors (Lipinski definition) is 1. The summed E-state index contributed by atoms with van der Waals surface area (Å²) in [6.07, 6.45) is 8.59. The van der Waals surface area contributed by atoms with E-state index in [2.05, 4.69) is 41.0 Å². The first-order chi connectivity index (χ1) is 5.88. The van der Waals surface area contributed by atoms with E-state index in [0.717, 1.165) is 6.54 Å². The molecule has 12 heavy (non-hydrogen) atoms. The number of aromatic nitrogens is 1. The smallest absolute Gasteiger partial charge is 0.0858 e. The van der Waals surface area contributed by atoms with Crippen LogP contribution in [0.15, 0.2) is 24.5 Å². The van der Waals surface area contributed by atoms with E-state index < -0.39 is 0 Å². The second-order valence-electron chi connectivity index (χ2n) is 3.42. The number of piperidine rings is 1. The molecule has 1 aromatic heterocycles. The SMILES string of the molecule is [CH2]N1CCCCC1n1cccc1. The van der Waals surface area contributed by atoms with Crippen molar-refractivity contribution in [2.75, 3.05) is 6.54 Å². The summed E-state index contributed by atoms with van der Waals surface area (Å²) in [4.78, 5) is 2.18. The molecule has 2 heteroatoms. The van der Waals surface area contributed by atoms with Crippen molar-refractivity contribution in [3.63, 3.8) is 0 Å². The van der Waals surface area contributed by atoms with Gasteiger partial charge in [-0.1, -0.05) is 0 Å². The summed E-state index contributed by atoms with van der Waals surface area (Å²) in [7, 11) is 4.05. The highest BCUT2D eigenvalue weighted by Crippen LogP contribution is 2.24. The summed E-state index contributed by atoms with van der Waals surface area (Å²) < 4.78 is 2.24. The highest BCUT2D eigenvalue weighted by Gasteiger charge is 2.18. The minimum absolute atomic E-state index is 0.494. The molecule has 1 saturated heterocycles. The first-order valence-corrected chi connectivity index (χ1v) is 4.57. The van der Waals surface area contributed by atoms with Crippen LogP contribution in [0.3, 0.4) is 0 Å². The largest absolute Gasteiger partial charge is 0.338 e. The van der Waals surface area contributed by atoms with Gasteiger partial charge in [-0.05, 0) is 31.4 Å². The van der Waals surface area contributed by atoms with Crippen LogP contribution < -0.4 is 0 Å². The highest BCUT2D eigenvalue weighted by molar-refractivity contribution is 4.93. The number of nitrogens with zero attached hydrogens (tertiary/aromatic N) is 2. The Hall–Kier alpha value is -0.760. The van der Waals surface area contributed by atoms with Gasteiger partial charge in [0.05, 0.1) is 6.17 Å². The zero-order chi connectivity index (χ0) is 8.39. The van der Waals surface area contributed by atoms with E-state index in [0.29, 0.717) is 6.17 Å². The minimum Gasteiger partial charge on any atom is -0.338 e. The Morgan fingerprint density at radius 1 is 1.17 bits per heavy atom. The molecule has 1 atom stereocenters. The molecular formula is C10H15N2. The van der Waals surface area contributed by atoms with Crippen molar-refractivity contribution in [1.29, 1.82) is 0 Å². The molecule has 0 N–H and O–H groups in total. The molecule has 0 aliphatic carbocycles. The van der Waals surface area contributed by atoms with Gasteiger partial charge in [-0.2, -0.15) is 0 Å². The van der Waals surface area contributed by atoms with E-state index in [1.807, 2.05) is 0 Å². The van der Waals surface area contributed by atoms with E-state index in [9.17, 15) is 0 Å². The van der Waals surface area contributed by atoms with Crippen LogP contribution in [0, 0.1) is 7.05 Å². The molecule has 2 rings (SSSR count). The van der Waals surface area contributed by atoms with E-state index in [1.165, 1.54) is 19.3 Å². The van der Waals surface area contributed by atoms with Crippen molar-refractivity contribution >= 4 is 0 Å². The van der Waals surface area contributed by atoms with Crippen molar-refractivity contribution in [1.82, 2.24) is 9.47 Å². The third-order valence-electron chi connectivity index (χ3n) is 2.55. The minimum atomic E-state index is 0.494. The lowest BCUT2D eigenvalue weighted by Crippen LogP contribution is -2.31. The molecule has 0 bridgehead atoms. The van der Waals surface area contributed by atoms with Crippen LogP contribution in [0.2, 0.25) is 0 Å². The highest BCUT2D eigenvalue weighted by atomic mass is 15.3. The molecule has 1 aliphatic heterocycles. The second-order valence-corrected chi connectivity index (χ2v) is 3.42. The van der Waals surface area contributed by atoms with Gasteiger partial charge in [0.15, 0.2) is 0 Å². The third-order valence-corrected chi connectivity index (χ3v) is 2.55. The average Bonchev–Trinajstić information content (AvgIpc) is 2.57. The fourth-order valence-corrected chi connectivity index (χ4v) is 1.86. The van der Waals surface area contributed by atoms with Crippen LogP contribution in [0.25, 0.3) is 0 Å². The maximum absolute atomic E-state index is 4.05.